The zero-order chi connectivity index (χ0) is 17.8. The van der Waals surface area contributed by atoms with Gasteiger partial charge < -0.3 is 19.4 Å². The average Bonchev–Trinajstić information content (AvgIpc) is 3.39. The molecule has 0 aliphatic carbocycles. The van der Waals surface area contributed by atoms with Gasteiger partial charge in [0.05, 0.1) is 26.0 Å². The summed E-state index contributed by atoms with van der Waals surface area (Å²) in [5.41, 5.74) is 0.308. The number of hydrogen-bond donors (Lipinski definition) is 1. The molecule has 9 nitrogen and oxygen atoms in total. The van der Waals surface area contributed by atoms with Gasteiger partial charge >= 0.3 is 0 Å². The number of furan rings is 1. The van der Waals surface area contributed by atoms with Crippen molar-refractivity contribution < 1.29 is 13.9 Å². The molecule has 1 aliphatic rings. The van der Waals surface area contributed by atoms with Crippen molar-refractivity contribution in [3.05, 3.63) is 54.8 Å². The first-order valence-electron chi connectivity index (χ1n) is 8.29. The number of rotatable bonds is 5. The number of ether oxygens (including phenoxy) is 1. The number of carbonyl (C=O) groups excluding carboxylic acids is 1. The van der Waals surface area contributed by atoms with Crippen molar-refractivity contribution in [3.8, 4) is 5.82 Å². The molecule has 0 atom stereocenters. The molecule has 0 spiro atoms. The Hall–Kier alpha value is -3.20. The number of nitrogens with one attached hydrogen (secondary N) is 1. The quantitative estimate of drug-likeness (QED) is 0.730. The van der Waals surface area contributed by atoms with Crippen LogP contribution in [-0.2, 0) is 11.3 Å². The van der Waals surface area contributed by atoms with Gasteiger partial charge in [-0.25, -0.2) is 15.0 Å². The van der Waals surface area contributed by atoms with Gasteiger partial charge in [0.2, 0.25) is 0 Å². The highest BCUT2D eigenvalue weighted by molar-refractivity contribution is 5.92. The molecule has 0 saturated carbocycles. The van der Waals surface area contributed by atoms with E-state index in [1.807, 2.05) is 6.07 Å². The van der Waals surface area contributed by atoms with Crippen LogP contribution in [0.2, 0.25) is 0 Å². The molecule has 1 fully saturated rings. The molecule has 3 aromatic heterocycles. The van der Waals surface area contributed by atoms with Crippen LogP contribution < -0.4 is 10.2 Å². The Bertz CT molecular complexity index is 870. The van der Waals surface area contributed by atoms with E-state index in [9.17, 15) is 4.79 Å². The van der Waals surface area contributed by atoms with Gasteiger partial charge in [0.25, 0.3) is 5.91 Å². The Balaban J connectivity index is 1.46. The second-order valence-electron chi connectivity index (χ2n) is 5.76. The summed E-state index contributed by atoms with van der Waals surface area (Å²) in [4.78, 5) is 27.1. The number of anilines is 1. The molecule has 1 aliphatic heterocycles. The third-order valence-corrected chi connectivity index (χ3v) is 4.06. The van der Waals surface area contributed by atoms with Gasteiger partial charge in [-0.1, -0.05) is 0 Å². The van der Waals surface area contributed by atoms with Crippen LogP contribution in [0, 0.1) is 0 Å². The highest BCUT2D eigenvalue weighted by atomic mass is 16.5. The monoisotopic (exact) mass is 354 g/mol. The van der Waals surface area contributed by atoms with Crippen LogP contribution in [0.15, 0.2) is 47.7 Å². The van der Waals surface area contributed by atoms with Gasteiger partial charge in [-0.3, -0.25) is 9.36 Å². The van der Waals surface area contributed by atoms with Crippen molar-refractivity contribution in [1.82, 2.24) is 24.8 Å². The van der Waals surface area contributed by atoms with Crippen LogP contribution in [0.4, 0.5) is 5.82 Å². The normalized spacial score (nSPS) is 14.4. The molecule has 4 heterocycles. The molecule has 26 heavy (non-hydrogen) atoms. The number of amides is 1. The zero-order valence-corrected chi connectivity index (χ0v) is 14.0. The van der Waals surface area contributed by atoms with Crippen LogP contribution in [0.5, 0.6) is 0 Å². The van der Waals surface area contributed by atoms with Crippen LogP contribution >= 0.6 is 0 Å². The Kier molecular flexibility index (Phi) is 4.61. The Morgan fingerprint density at radius 1 is 1.19 bits per heavy atom. The van der Waals surface area contributed by atoms with E-state index in [0.29, 0.717) is 37.0 Å². The first-order valence-corrected chi connectivity index (χ1v) is 8.29. The molecule has 1 saturated heterocycles. The van der Waals surface area contributed by atoms with Gasteiger partial charge in [0.15, 0.2) is 0 Å². The van der Waals surface area contributed by atoms with Crippen LogP contribution in [0.3, 0.4) is 0 Å². The van der Waals surface area contributed by atoms with Crippen molar-refractivity contribution in [2.45, 2.75) is 6.54 Å². The zero-order valence-electron chi connectivity index (χ0n) is 14.0. The summed E-state index contributed by atoms with van der Waals surface area (Å²) in [6.07, 6.45) is 6.28. The smallest absolute Gasteiger partial charge is 0.271 e. The van der Waals surface area contributed by atoms with E-state index in [1.165, 1.54) is 6.33 Å². The Morgan fingerprint density at radius 3 is 2.85 bits per heavy atom. The van der Waals surface area contributed by atoms with E-state index in [2.05, 4.69) is 25.2 Å². The van der Waals surface area contributed by atoms with E-state index in [-0.39, 0.29) is 5.91 Å². The molecule has 0 bridgehead atoms. The van der Waals surface area contributed by atoms with Crippen molar-refractivity contribution in [2.75, 3.05) is 31.2 Å². The third kappa shape index (κ3) is 3.57. The standard InChI is InChI=1S/C17H18N6O3/c24-17(18-9-13-2-1-5-26-13)14-10-23(12-21-14)16-8-15(19-11-20-16)22-3-6-25-7-4-22/h1-2,5,8,10-12H,3-4,6-7,9H2,(H,18,24). The lowest BCUT2D eigenvalue weighted by Gasteiger charge is -2.27. The molecule has 0 radical (unpaired) electrons. The van der Waals surface area contributed by atoms with Gasteiger partial charge in [0.1, 0.15) is 35.7 Å². The molecule has 1 amide bonds. The summed E-state index contributed by atoms with van der Waals surface area (Å²) in [6, 6.07) is 5.45. The number of morpholine rings is 1. The van der Waals surface area contributed by atoms with Crippen LogP contribution in [0.1, 0.15) is 16.2 Å². The van der Waals surface area contributed by atoms with Crippen molar-refractivity contribution >= 4 is 11.7 Å². The number of aromatic nitrogens is 4. The maximum absolute atomic E-state index is 12.2. The van der Waals surface area contributed by atoms with Crippen molar-refractivity contribution in [1.29, 1.82) is 0 Å². The minimum Gasteiger partial charge on any atom is -0.467 e. The Labute approximate surface area is 149 Å². The highest BCUT2D eigenvalue weighted by Gasteiger charge is 2.15. The summed E-state index contributed by atoms with van der Waals surface area (Å²) < 4.78 is 12.3. The van der Waals surface area contributed by atoms with Crippen molar-refractivity contribution in [2.24, 2.45) is 0 Å². The number of nitrogens with zero attached hydrogens (tertiary/aromatic N) is 5. The minimum absolute atomic E-state index is 0.275. The fourth-order valence-corrected chi connectivity index (χ4v) is 2.68. The van der Waals surface area contributed by atoms with Gasteiger partial charge in [-0.15, -0.1) is 0 Å². The fraction of sp³-hybridized carbons (Fsp3) is 0.294. The summed E-state index contributed by atoms with van der Waals surface area (Å²) >= 11 is 0. The summed E-state index contributed by atoms with van der Waals surface area (Å²) in [7, 11) is 0. The third-order valence-electron chi connectivity index (χ3n) is 4.06. The molecule has 3 aromatic rings. The second kappa shape index (κ2) is 7.36. The second-order valence-corrected chi connectivity index (χ2v) is 5.76. The SMILES string of the molecule is O=C(NCc1ccco1)c1cn(-c2cc(N3CCOCC3)ncn2)cn1. The maximum Gasteiger partial charge on any atom is 0.271 e. The molecule has 0 unspecified atom stereocenters. The average molecular weight is 354 g/mol. The predicted octanol–water partition coefficient (Wildman–Crippen LogP) is 1.02. The molecule has 134 valence electrons. The number of imidazole rings is 1. The molecule has 4 rings (SSSR count). The predicted molar refractivity (Wildman–Crippen MR) is 92.1 cm³/mol. The largest absolute Gasteiger partial charge is 0.467 e. The maximum atomic E-state index is 12.2. The van der Waals surface area contributed by atoms with Gasteiger partial charge in [-0.05, 0) is 12.1 Å². The number of hydrogen-bond acceptors (Lipinski definition) is 7. The lowest BCUT2D eigenvalue weighted by atomic mass is 10.4. The molecule has 0 aromatic carbocycles. The lowest BCUT2D eigenvalue weighted by Crippen LogP contribution is -2.36. The van der Waals surface area contributed by atoms with E-state index < -0.39 is 0 Å². The highest BCUT2D eigenvalue weighted by Crippen LogP contribution is 2.15. The van der Waals surface area contributed by atoms with Gasteiger partial charge in [0, 0.05) is 25.4 Å². The first-order chi connectivity index (χ1) is 12.8. The lowest BCUT2D eigenvalue weighted by molar-refractivity contribution is 0.0943. The summed E-state index contributed by atoms with van der Waals surface area (Å²) in [6.45, 7) is 3.27. The summed E-state index contributed by atoms with van der Waals surface area (Å²) in [5, 5.41) is 2.77. The van der Waals surface area contributed by atoms with Crippen LogP contribution in [-0.4, -0.2) is 51.7 Å². The molecule has 1 N–H and O–H groups in total. The molecular weight excluding hydrogens is 336 g/mol. The summed E-state index contributed by atoms with van der Waals surface area (Å²) in [5.74, 6) is 1.89. The molecular formula is C17H18N6O3. The van der Waals surface area contributed by atoms with E-state index >= 15 is 0 Å². The van der Waals surface area contributed by atoms with Gasteiger partial charge in [-0.2, -0.15) is 0 Å². The van der Waals surface area contributed by atoms with Crippen molar-refractivity contribution in [3.63, 3.8) is 0 Å². The van der Waals surface area contributed by atoms with E-state index in [0.717, 1.165) is 18.9 Å². The topological polar surface area (TPSA) is 98.3 Å². The Morgan fingerprint density at radius 2 is 2.04 bits per heavy atom. The number of carbonyl (C=O) groups is 1. The first kappa shape index (κ1) is 16.3. The van der Waals surface area contributed by atoms with E-state index in [1.54, 1.807) is 35.5 Å². The van der Waals surface area contributed by atoms with E-state index in [4.69, 9.17) is 9.15 Å². The molecule has 9 heteroatoms. The van der Waals surface area contributed by atoms with Crippen LogP contribution in [0.25, 0.3) is 5.82 Å². The minimum atomic E-state index is -0.275. The fourth-order valence-electron chi connectivity index (χ4n) is 2.68.